The molecular weight excluding hydrogens is 317 g/mol. The summed E-state index contributed by atoms with van der Waals surface area (Å²) in [6.45, 7) is 0.468. The molecule has 0 aliphatic carbocycles. The van der Waals surface area contributed by atoms with Gasteiger partial charge in [-0.25, -0.2) is 13.2 Å². The predicted molar refractivity (Wildman–Crippen MR) is 68.3 cm³/mol. The monoisotopic (exact) mass is 325 g/mol. The SMILES string of the molecule is O=C1NCC(COc2ccc(S(=O)(=O)Cl)cc2Cl)O1. The second-order valence-corrected chi connectivity index (χ2v) is 6.72. The molecule has 1 fully saturated rings. The minimum absolute atomic E-state index is 0.110. The number of hydrogen-bond donors (Lipinski definition) is 1. The summed E-state index contributed by atoms with van der Waals surface area (Å²) in [7, 11) is 1.36. The van der Waals surface area contributed by atoms with Crippen molar-refractivity contribution in [3.8, 4) is 5.75 Å². The topological polar surface area (TPSA) is 81.7 Å². The molecule has 1 aromatic rings. The van der Waals surface area contributed by atoms with Crippen molar-refractivity contribution in [3.63, 3.8) is 0 Å². The van der Waals surface area contributed by atoms with Gasteiger partial charge < -0.3 is 14.8 Å². The maximum atomic E-state index is 11.1. The fourth-order valence-corrected chi connectivity index (χ4v) is 2.53. The number of cyclic esters (lactones) is 1. The standard InChI is InChI=1S/C10H9Cl2NO5S/c11-8-3-7(19(12,15)16)1-2-9(8)17-5-6-4-13-10(14)18-6/h1-3,6H,4-5H2,(H,13,14). The van der Waals surface area contributed by atoms with Gasteiger partial charge in [0, 0.05) is 10.7 Å². The lowest BCUT2D eigenvalue weighted by Crippen LogP contribution is -2.22. The molecule has 0 aromatic heterocycles. The molecule has 1 heterocycles. The largest absolute Gasteiger partial charge is 0.488 e. The quantitative estimate of drug-likeness (QED) is 0.853. The number of rotatable bonds is 4. The molecule has 0 bridgehead atoms. The second kappa shape index (κ2) is 5.44. The van der Waals surface area contributed by atoms with Gasteiger partial charge in [-0.1, -0.05) is 11.6 Å². The molecule has 0 spiro atoms. The molecule has 1 N–H and O–H groups in total. The van der Waals surface area contributed by atoms with Crippen molar-refractivity contribution in [1.29, 1.82) is 0 Å². The summed E-state index contributed by atoms with van der Waals surface area (Å²) >= 11 is 5.88. The molecule has 1 atom stereocenters. The van der Waals surface area contributed by atoms with Crippen molar-refractivity contribution in [1.82, 2.24) is 5.32 Å². The van der Waals surface area contributed by atoms with Crippen LogP contribution in [-0.4, -0.2) is 33.8 Å². The van der Waals surface area contributed by atoms with Crippen LogP contribution in [0.4, 0.5) is 4.79 Å². The first-order valence-electron chi connectivity index (χ1n) is 5.18. The average Bonchev–Trinajstić information content (AvgIpc) is 2.72. The molecular formula is C10H9Cl2NO5S. The lowest BCUT2D eigenvalue weighted by molar-refractivity contribution is 0.105. The molecule has 19 heavy (non-hydrogen) atoms. The van der Waals surface area contributed by atoms with Gasteiger partial charge in [-0.2, -0.15) is 0 Å². The van der Waals surface area contributed by atoms with E-state index in [1.54, 1.807) is 0 Å². The van der Waals surface area contributed by atoms with Crippen LogP contribution in [0.3, 0.4) is 0 Å². The summed E-state index contributed by atoms with van der Waals surface area (Å²) < 4.78 is 32.4. The van der Waals surface area contributed by atoms with Crippen molar-refractivity contribution in [2.24, 2.45) is 0 Å². The third-order valence-corrected chi connectivity index (χ3v) is 4.00. The van der Waals surface area contributed by atoms with Gasteiger partial charge in [0.25, 0.3) is 9.05 Å². The number of amides is 1. The zero-order valence-corrected chi connectivity index (χ0v) is 11.8. The van der Waals surface area contributed by atoms with Gasteiger partial charge in [-0.3, -0.25) is 0 Å². The first kappa shape index (κ1) is 14.2. The molecule has 6 nitrogen and oxygen atoms in total. The normalized spacial score (nSPS) is 18.8. The Bertz CT molecular complexity index is 604. The van der Waals surface area contributed by atoms with Crippen molar-refractivity contribution >= 4 is 37.4 Å². The maximum absolute atomic E-state index is 11.1. The van der Waals surface area contributed by atoms with Crippen molar-refractivity contribution < 1.29 is 22.7 Å². The summed E-state index contributed by atoms with van der Waals surface area (Å²) in [6.07, 6.45) is -0.900. The van der Waals surface area contributed by atoms with Crippen molar-refractivity contribution in [2.45, 2.75) is 11.0 Å². The van der Waals surface area contributed by atoms with Crippen LogP contribution in [0.2, 0.25) is 5.02 Å². The Balaban J connectivity index is 2.03. The first-order chi connectivity index (χ1) is 8.86. The molecule has 1 saturated heterocycles. The molecule has 104 valence electrons. The average molecular weight is 326 g/mol. The van der Waals surface area contributed by atoms with Crippen molar-refractivity contribution in [2.75, 3.05) is 13.2 Å². The highest BCUT2D eigenvalue weighted by Crippen LogP contribution is 2.28. The summed E-state index contributed by atoms with van der Waals surface area (Å²) in [6, 6.07) is 3.86. The minimum Gasteiger partial charge on any atom is -0.488 e. The third kappa shape index (κ3) is 3.65. The molecule has 0 radical (unpaired) electrons. The highest BCUT2D eigenvalue weighted by molar-refractivity contribution is 8.13. The van der Waals surface area contributed by atoms with Crippen LogP contribution in [0.15, 0.2) is 23.1 Å². The highest BCUT2D eigenvalue weighted by Gasteiger charge is 2.23. The van der Waals surface area contributed by atoms with Gasteiger partial charge >= 0.3 is 6.09 Å². The van der Waals surface area contributed by atoms with E-state index in [9.17, 15) is 13.2 Å². The number of carbonyl (C=O) groups excluding carboxylic acids is 1. The smallest absolute Gasteiger partial charge is 0.407 e. The van der Waals surface area contributed by atoms with Crippen LogP contribution in [0.1, 0.15) is 0 Å². The van der Waals surface area contributed by atoms with E-state index >= 15 is 0 Å². The number of ether oxygens (including phenoxy) is 2. The summed E-state index contributed by atoms with van der Waals surface area (Å²) in [5.74, 6) is 0.286. The number of alkyl carbamates (subject to hydrolysis) is 1. The number of nitrogens with one attached hydrogen (secondary N) is 1. The molecule has 0 saturated carbocycles. The maximum Gasteiger partial charge on any atom is 0.407 e. The number of carbonyl (C=O) groups is 1. The molecule has 2 rings (SSSR count). The van der Waals surface area contributed by atoms with Crippen LogP contribution in [-0.2, 0) is 13.8 Å². The lowest BCUT2D eigenvalue weighted by atomic mass is 10.3. The molecule has 1 aliphatic heterocycles. The second-order valence-electron chi connectivity index (χ2n) is 3.75. The van der Waals surface area contributed by atoms with E-state index in [4.69, 9.17) is 31.8 Å². The van der Waals surface area contributed by atoms with Crippen LogP contribution < -0.4 is 10.1 Å². The van der Waals surface area contributed by atoms with Gasteiger partial charge in [0.15, 0.2) is 6.10 Å². The molecule has 1 amide bonds. The van der Waals surface area contributed by atoms with Crippen LogP contribution in [0.5, 0.6) is 5.75 Å². The first-order valence-corrected chi connectivity index (χ1v) is 7.86. The Hall–Kier alpha value is -1.18. The zero-order valence-electron chi connectivity index (χ0n) is 9.43. The summed E-state index contributed by atoms with van der Waals surface area (Å²) in [5, 5.41) is 2.59. The van der Waals surface area contributed by atoms with Gasteiger partial charge in [-0.05, 0) is 18.2 Å². The van der Waals surface area contributed by atoms with Gasteiger partial charge in [0.1, 0.15) is 12.4 Å². The van der Waals surface area contributed by atoms with E-state index in [0.717, 1.165) is 0 Å². The predicted octanol–water partition coefficient (Wildman–Crippen LogP) is 1.75. The van der Waals surface area contributed by atoms with Gasteiger partial charge in [0.05, 0.1) is 16.5 Å². The molecule has 1 aromatic carbocycles. The highest BCUT2D eigenvalue weighted by atomic mass is 35.7. The van der Waals surface area contributed by atoms with E-state index in [2.05, 4.69) is 5.32 Å². The van der Waals surface area contributed by atoms with E-state index in [0.29, 0.717) is 6.54 Å². The minimum atomic E-state index is -3.83. The van der Waals surface area contributed by atoms with Crippen LogP contribution in [0, 0.1) is 0 Å². The van der Waals surface area contributed by atoms with Crippen LogP contribution >= 0.6 is 22.3 Å². The van der Waals surface area contributed by atoms with Crippen LogP contribution in [0.25, 0.3) is 0 Å². The van der Waals surface area contributed by atoms with E-state index in [1.165, 1.54) is 18.2 Å². The Morgan fingerprint density at radius 3 is 2.74 bits per heavy atom. The van der Waals surface area contributed by atoms with E-state index < -0.39 is 21.2 Å². The lowest BCUT2D eigenvalue weighted by Gasteiger charge is -2.11. The van der Waals surface area contributed by atoms with E-state index in [1.807, 2.05) is 0 Å². The van der Waals surface area contributed by atoms with Gasteiger partial charge in [0.2, 0.25) is 0 Å². The van der Waals surface area contributed by atoms with Gasteiger partial charge in [-0.15, -0.1) is 0 Å². The molecule has 9 heteroatoms. The Morgan fingerprint density at radius 1 is 1.47 bits per heavy atom. The Labute approximate surface area is 119 Å². The number of hydrogen-bond acceptors (Lipinski definition) is 5. The van der Waals surface area contributed by atoms with Crippen molar-refractivity contribution in [3.05, 3.63) is 23.2 Å². The Kier molecular flexibility index (Phi) is 4.07. The molecule has 1 unspecified atom stereocenters. The summed E-state index contributed by atoms with van der Waals surface area (Å²) in [4.78, 5) is 10.7. The summed E-state index contributed by atoms with van der Waals surface area (Å²) in [5.41, 5.74) is 0. The Morgan fingerprint density at radius 2 is 2.21 bits per heavy atom. The fourth-order valence-electron chi connectivity index (χ4n) is 1.46. The number of halogens is 2. The zero-order chi connectivity index (χ0) is 14.0. The van der Waals surface area contributed by atoms with E-state index in [-0.39, 0.29) is 22.3 Å². The third-order valence-electron chi connectivity index (χ3n) is 2.36. The number of benzene rings is 1. The molecule has 1 aliphatic rings. The fraction of sp³-hybridized carbons (Fsp3) is 0.300.